The third-order valence-electron chi connectivity index (χ3n) is 3.44. The Morgan fingerprint density at radius 1 is 1.00 bits per heavy atom. The Labute approximate surface area is 123 Å². The van der Waals surface area contributed by atoms with Crippen molar-refractivity contribution in [2.75, 3.05) is 0 Å². The minimum absolute atomic E-state index is 0.513. The summed E-state index contributed by atoms with van der Waals surface area (Å²) in [6.07, 6.45) is 5.55. The molecule has 0 atom stereocenters. The van der Waals surface area contributed by atoms with E-state index in [1.807, 2.05) is 0 Å². The van der Waals surface area contributed by atoms with Gasteiger partial charge in [0.1, 0.15) is 0 Å². The molecular formula is C20H23. The lowest BCUT2D eigenvalue weighted by atomic mass is 9.93. The summed E-state index contributed by atoms with van der Waals surface area (Å²) in [4.78, 5) is 0. The van der Waals surface area contributed by atoms with Crippen LogP contribution < -0.4 is 0 Å². The molecule has 2 rings (SSSR count). The molecular weight excluding hydrogens is 240 g/mol. The summed E-state index contributed by atoms with van der Waals surface area (Å²) in [5.41, 5.74) is 5.37. The van der Waals surface area contributed by atoms with Crippen molar-refractivity contribution in [2.24, 2.45) is 5.92 Å². The summed E-state index contributed by atoms with van der Waals surface area (Å²) in [6.45, 7) is 6.61. The van der Waals surface area contributed by atoms with Gasteiger partial charge >= 0.3 is 0 Å². The first kappa shape index (κ1) is 14.6. The van der Waals surface area contributed by atoms with E-state index in [1.54, 1.807) is 0 Å². The second kappa shape index (κ2) is 7.09. The van der Waals surface area contributed by atoms with Gasteiger partial charge in [-0.3, -0.25) is 0 Å². The van der Waals surface area contributed by atoms with Crippen LogP contribution in [0.5, 0.6) is 0 Å². The Kier molecular flexibility index (Phi) is 5.17. The van der Waals surface area contributed by atoms with Crippen LogP contribution in [0.4, 0.5) is 0 Å². The first-order valence-electron chi connectivity index (χ1n) is 7.34. The first-order chi connectivity index (χ1) is 9.70. The first-order valence-corrected chi connectivity index (χ1v) is 7.34. The van der Waals surface area contributed by atoms with Crippen molar-refractivity contribution >= 4 is 11.6 Å². The zero-order valence-electron chi connectivity index (χ0n) is 12.6. The molecule has 0 nitrogen and oxygen atoms in total. The van der Waals surface area contributed by atoms with Crippen LogP contribution in [0.3, 0.4) is 0 Å². The summed E-state index contributed by atoms with van der Waals surface area (Å²) < 4.78 is 0. The molecule has 0 aliphatic rings. The molecule has 20 heavy (non-hydrogen) atoms. The average molecular weight is 263 g/mol. The lowest BCUT2D eigenvalue weighted by Crippen LogP contribution is -1.94. The van der Waals surface area contributed by atoms with Gasteiger partial charge in [-0.2, -0.15) is 0 Å². The van der Waals surface area contributed by atoms with Crippen molar-refractivity contribution in [3.8, 4) is 0 Å². The van der Waals surface area contributed by atoms with E-state index in [2.05, 4.69) is 87.9 Å². The molecule has 103 valence electrons. The Bertz CT molecular complexity index is 562. The van der Waals surface area contributed by atoms with Gasteiger partial charge in [0.15, 0.2) is 0 Å². The van der Waals surface area contributed by atoms with E-state index >= 15 is 0 Å². The highest BCUT2D eigenvalue weighted by atomic mass is 14.1. The molecule has 0 spiro atoms. The van der Waals surface area contributed by atoms with Crippen molar-refractivity contribution in [3.63, 3.8) is 0 Å². The third kappa shape index (κ3) is 3.84. The van der Waals surface area contributed by atoms with Crippen molar-refractivity contribution in [1.82, 2.24) is 0 Å². The molecule has 0 bridgehead atoms. The second-order valence-corrected chi connectivity index (χ2v) is 5.48. The van der Waals surface area contributed by atoms with Gasteiger partial charge in [-0.1, -0.05) is 81.4 Å². The van der Waals surface area contributed by atoms with Crippen LogP contribution >= 0.6 is 0 Å². The fourth-order valence-electron chi connectivity index (χ4n) is 2.44. The molecule has 0 heteroatoms. The maximum atomic E-state index is 2.32. The monoisotopic (exact) mass is 263 g/mol. The molecule has 1 radical (unpaired) electrons. The van der Waals surface area contributed by atoms with Gasteiger partial charge < -0.3 is 0 Å². The van der Waals surface area contributed by atoms with Gasteiger partial charge in [-0.05, 0) is 41.0 Å². The SMILES string of the molecule is C[CH]Cc1cccc(/C=C(/c2ccccc2)C(C)C)c1. The minimum Gasteiger partial charge on any atom is -0.0622 e. The van der Waals surface area contributed by atoms with Gasteiger partial charge in [0, 0.05) is 0 Å². The van der Waals surface area contributed by atoms with Crippen molar-refractivity contribution in [2.45, 2.75) is 27.2 Å². The molecule has 0 aliphatic carbocycles. The quantitative estimate of drug-likeness (QED) is 0.611. The minimum atomic E-state index is 0.513. The van der Waals surface area contributed by atoms with E-state index < -0.39 is 0 Å². The van der Waals surface area contributed by atoms with Crippen LogP contribution in [0.15, 0.2) is 54.6 Å². The van der Waals surface area contributed by atoms with Crippen LogP contribution in [0, 0.1) is 12.3 Å². The molecule has 0 aliphatic heterocycles. The van der Waals surface area contributed by atoms with Gasteiger partial charge in [0.25, 0.3) is 0 Å². The average Bonchev–Trinajstić information content (AvgIpc) is 2.46. The van der Waals surface area contributed by atoms with E-state index in [4.69, 9.17) is 0 Å². The number of benzene rings is 2. The summed E-state index contributed by atoms with van der Waals surface area (Å²) in [5, 5.41) is 0. The Balaban J connectivity index is 2.36. The summed E-state index contributed by atoms with van der Waals surface area (Å²) in [7, 11) is 0. The standard InChI is InChI=1S/C20H23/c1-4-9-17-10-8-11-18(14-17)15-20(16(2)3)19-12-6-5-7-13-19/h4-8,10-16H,9H2,1-3H3/b20-15+. The molecule has 2 aromatic rings. The Morgan fingerprint density at radius 3 is 2.40 bits per heavy atom. The smallest absolute Gasteiger partial charge is 0.0213 e. The summed E-state index contributed by atoms with van der Waals surface area (Å²) >= 11 is 0. The summed E-state index contributed by atoms with van der Waals surface area (Å²) in [6, 6.07) is 19.5. The molecule has 0 amide bonds. The zero-order chi connectivity index (χ0) is 14.4. The van der Waals surface area contributed by atoms with E-state index in [1.165, 1.54) is 22.3 Å². The predicted molar refractivity (Wildman–Crippen MR) is 89.3 cm³/mol. The molecule has 0 saturated heterocycles. The van der Waals surface area contributed by atoms with Crippen LogP contribution in [-0.4, -0.2) is 0 Å². The van der Waals surface area contributed by atoms with Gasteiger partial charge in [-0.25, -0.2) is 0 Å². The van der Waals surface area contributed by atoms with Crippen molar-refractivity contribution < 1.29 is 0 Å². The fraction of sp³-hybridized carbons (Fsp3) is 0.250. The van der Waals surface area contributed by atoms with Crippen molar-refractivity contribution in [1.29, 1.82) is 0 Å². The van der Waals surface area contributed by atoms with Gasteiger partial charge in [0.2, 0.25) is 0 Å². The maximum absolute atomic E-state index is 2.32. The Hall–Kier alpha value is -1.82. The van der Waals surface area contributed by atoms with E-state index in [-0.39, 0.29) is 0 Å². The second-order valence-electron chi connectivity index (χ2n) is 5.48. The van der Waals surface area contributed by atoms with Gasteiger partial charge in [0.05, 0.1) is 0 Å². The highest BCUT2D eigenvalue weighted by Crippen LogP contribution is 2.26. The molecule has 2 aromatic carbocycles. The molecule has 0 fully saturated rings. The van der Waals surface area contributed by atoms with Gasteiger partial charge in [-0.15, -0.1) is 0 Å². The number of allylic oxidation sites excluding steroid dienone is 1. The molecule has 0 saturated carbocycles. The number of hydrogen-bond acceptors (Lipinski definition) is 0. The van der Waals surface area contributed by atoms with Crippen LogP contribution in [0.25, 0.3) is 11.6 Å². The molecule has 0 heterocycles. The maximum Gasteiger partial charge on any atom is -0.0213 e. The number of rotatable bonds is 5. The molecule has 0 N–H and O–H groups in total. The molecule has 0 aromatic heterocycles. The van der Waals surface area contributed by atoms with Crippen LogP contribution in [0.1, 0.15) is 37.5 Å². The third-order valence-corrected chi connectivity index (χ3v) is 3.44. The normalized spacial score (nSPS) is 11.9. The van der Waals surface area contributed by atoms with Crippen LogP contribution in [0.2, 0.25) is 0 Å². The van der Waals surface area contributed by atoms with Crippen LogP contribution in [-0.2, 0) is 6.42 Å². The Morgan fingerprint density at radius 2 is 1.75 bits per heavy atom. The largest absolute Gasteiger partial charge is 0.0622 e. The molecule has 0 unspecified atom stereocenters. The number of hydrogen-bond donors (Lipinski definition) is 0. The van der Waals surface area contributed by atoms with E-state index in [0.717, 1.165) is 6.42 Å². The fourth-order valence-corrected chi connectivity index (χ4v) is 2.44. The zero-order valence-corrected chi connectivity index (χ0v) is 12.6. The lowest BCUT2D eigenvalue weighted by molar-refractivity contribution is 0.859. The van der Waals surface area contributed by atoms with E-state index in [0.29, 0.717) is 5.92 Å². The highest BCUT2D eigenvalue weighted by molar-refractivity contribution is 5.82. The summed E-state index contributed by atoms with van der Waals surface area (Å²) in [5.74, 6) is 0.513. The highest BCUT2D eigenvalue weighted by Gasteiger charge is 2.06. The van der Waals surface area contributed by atoms with Crippen molar-refractivity contribution in [3.05, 3.63) is 77.7 Å². The lowest BCUT2D eigenvalue weighted by Gasteiger charge is -2.12. The topological polar surface area (TPSA) is 0 Å². The van der Waals surface area contributed by atoms with E-state index in [9.17, 15) is 0 Å². The predicted octanol–water partition coefficient (Wildman–Crippen LogP) is 5.65.